The monoisotopic (exact) mass is 475 g/mol. The Bertz CT molecular complexity index is 1070. The summed E-state index contributed by atoms with van der Waals surface area (Å²) in [6.07, 6.45) is 0.669. The van der Waals surface area contributed by atoms with Gasteiger partial charge in [0.15, 0.2) is 0 Å². The van der Waals surface area contributed by atoms with Crippen LogP contribution in [0.4, 0.5) is 17.1 Å². The van der Waals surface area contributed by atoms with Crippen molar-refractivity contribution < 1.29 is 22.6 Å². The first kappa shape index (κ1) is 26.5. The van der Waals surface area contributed by atoms with Crippen LogP contribution in [0.25, 0.3) is 0 Å². The standard InChI is InChI=1S/C24H33N3O5S/c1-24(2,3)17-22(28)25-19-9-7-18(8-10-19)23(29)26-20-11-13-21(14-12-20)27(4,5)15-6-16-33(30,31)32/h7-14H,6,15-17H2,1-5H3,(H2-,25,26,28,29,30,31,32). The van der Waals surface area contributed by atoms with Crippen molar-refractivity contribution in [2.75, 3.05) is 37.0 Å². The zero-order valence-electron chi connectivity index (χ0n) is 19.8. The Morgan fingerprint density at radius 1 is 0.909 bits per heavy atom. The average Bonchev–Trinajstić information content (AvgIpc) is 2.66. The molecule has 0 saturated heterocycles. The van der Waals surface area contributed by atoms with E-state index >= 15 is 0 Å². The second-order valence-electron chi connectivity index (χ2n) is 9.89. The number of hydrogen-bond donors (Lipinski definition) is 2. The summed E-state index contributed by atoms with van der Waals surface area (Å²) in [5.41, 5.74) is 2.53. The zero-order chi connectivity index (χ0) is 24.9. The second kappa shape index (κ2) is 10.5. The lowest BCUT2D eigenvalue weighted by Crippen LogP contribution is -2.41. The SMILES string of the molecule is CC(C)(C)CC(=O)Nc1ccc(C(=O)Nc2ccc([N+](C)(C)CCCS(=O)(=O)[O-])cc2)cc1. The highest BCUT2D eigenvalue weighted by atomic mass is 32.2. The smallest absolute Gasteiger partial charge is 0.255 e. The quantitative estimate of drug-likeness (QED) is 0.423. The van der Waals surface area contributed by atoms with E-state index in [1.54, 1.807) is 36.4 Å². The molecule has 0 spiro atoms. The number of nitrogens with one attached hydrogen (secondary N) is 2. The van der Waals surface area contributed by atoms with Gasteiger partial charge in [0.05, 0.1) is 30.8 Å². The van der Waals surface area contributed by atoms with Crippen molar-refractivity contribution in [2.24, 2.45) is 5.41 Å². The number of quaternary nitrogens is 1. The van der Waals surface area contributed by atoms with Crippen molar-refractivity contribution in [3.63, 3.8) is 0 Å². The molecule has 180 valence electrons. The number of rotatable bonds is 9. The van der Waals surface area contributed by atoms with Gasteiger partial charge < -0.3 is 15.2 Å². The molecular formula is C24H33N3O5S. The maximum Gasteiger partial charge on any atom is 0.255 e. The van der Waals surface area contributed by atoms with Crippen molar-refractivity contribution in [1.82, 2.24) is 4.48 Å². The topological polar surface area (TPSA) is 115 Å². The van der Waals surface area contributed by atoms with Gasteiger partial charge >= 0.3 is 0 Å². The molecule has 0 saturated carbocycles. The third-order valence-electron chi connectivity index (χ3n) is 5.06. The van der Waals surface area contributed by atoms with Crippen LogP contribution in [0, 0.1) is 5.41 Å². The molecule has 0 aliphatic carbocycles. The highest BCUT2D eigenvalue weighted by molar-refractivity contribution is 7.85. The van der Waals surface area contributed by atoms with Gasteiger partial charge in [-0.05, 0) is 41.8 Å². The van der Waals surface area contributed by atoms with E-state index in [1.807, 2.05) is 47.0 Å². The lowest BCUT2D eigenvalue weighted by Gasteiger charge is -2.29. The number of carbonyl (C=O) groups is 2. The molecule has 9 heteroatoms. The minimum Gasteiger partial charge on any atom is -0.748 e. The van der Waals surface area contributed by atoms with E-state index in [9.17, 15) is 22.6 Å². The number of benzene rings is 2. The molecule has 0 aliphatic heterocycles. The molecule has 0 heterocycles. The van der Waals surface area contributed by atoms with E-state index in [0.29, 0.717) is 34.4 Å². The predicted molar refractivity (Wildman–Crippen MR) is 131 cm³/mol. The molecule has 2 amide bonds. The Morgan fingerprint density at radius 3 is 1.94 bits per heavy atom. The third-order valence-corrected chi connectivity index (χ3v) is 5.85. The minimum atomic E-state index is -4.22. The fourth-order valence-electron chi connectivity index (χ4n) is 3.31. The predicted octanol–water partition coefficient (Wildman–Crippen LogP) is 3.82. The van der Waals surface area contributed by atoms with Crippen molar-refractivity contribution in [2.45, 2.75) is 33.6 Å². The summed E-state index contributed by atoms with van der Waals surface area (Å²) in [6.45, 7) is 6.47. The van der Waals surface area contributed by atoms with Gasteiger partial charge in [0, 0.05) is 47.7 Å². The lowest BCUT2D eigenvalue weighted by molar-refractivity contribution is -0.117. The van der Waals surface area contributed by atoms with E-state index < -0.39 is 10.1 Å². The summed E-state index contributed by atoms with van der Waals surface area (Å²) in [6, 6.07) is 14.0. The van der Waals surface area contributed by atoms with Crippen LogP contribution in [0.3, 0.4) is 0 Å². The first-order valence-corrected chi connectivity index (χ1v) is 12.3. The van der Waals surface area contributed by atoms with Gasteiger partial charge in [0.25, 0.3) is 5.91 Å². The van der Waals surface area contributed by atoms with E-state index in [2.05, 4.69) is 10.6 Å². The number of hydrogen-bond acceptors (Lipinski definition) is 5. The first-order chi connectivity index (χ1) is 15.1. The normalized spacial score (nSPS) is 12.3. The fraction of sp³-hybridized carbons (Fsp3) is 0.417. The van der Waals surface area contributed by atoms with Crippen LogP contribution in [-0.4, -0.2) is 51.2 Å². The van der Waals surface area contributed by atoms with Crippen LogP contribution in [0.15, 0.2) is 48.5 Å². The van der Waals surface area contributed by atoms with Crippen LogP contribution in [-0.2, 0) is 14.9 Å². The number of amides is 2. The third kappa shape index (κ3) is 9.33. The highest BCUT2D eigenvalue weighted by Gasteiger charge is 2.19. The highest BCUT2D eigenvalue weighted by Crippen LogP contribution is 2.23. The molecule has 0 aliphatic rings. The minimum absolute atomic E-state index is 0.0734. The number of carbonyl (C=O) groups excluding carboxylic acids is 2. The molecular weight excluding hydrogens is 442 g/mol. The molecule has 0 aromatic heterocycles. The van der Waals surface area contributed by atoms with Crippen molar-refractivity contribution in [3.8, 4) is 0 Å². The van der Waals surface area contributed by atoms with Gasteiger partial charge in [-0.1, -0.05) is 20.8 Å². The molecule has 33 heavy (non-hydrogen) atoms. The molecule has 0 fully saturated rings. The summed E-state index contributed by atoms with van der Waals surface area (Å²) < 4.78 is 32.8. The van der Waals surface area contributed by atoms with Gasteiger partial charge in [0.2, 0.25) is 5.91 Å². The van der Waals surface area contributed by atoms with E-state index in [4.69, 9.17) is 0 Å². The number of anilines is 2. The van der Waals surface area contributed by atoms with Gasteiger partial charge in [-0.3, -0.25) is 14.1 Å². The largest absolute Gasteiger partial charge is 0.748 e. The van der Waals surface area contributed by atoms with Crippen molar-refractivity contribution in [1.29, 1.82) is 0 Å². The van der Waals surface area contributed by atoms with Crippen molar-refractivity contribution in [3.05, 3.63) is 54.1 Å². The first-order valence-electron chi connectivity index (χ1n) is 10.7. The zero-order valence-corrected chi connectivity index (χ0v) is 20.7. The molecule has 0 bridgehead atoms. The van der Waals surface area contributed by atoms with Gasteiger partial charge in [-0.15, -0.1) is 0 Å². The lowest BCUT2D eigenvalue weighted by atomic mass is 9.92. The molecule has 8 nitrogen and oxygen atoms in total. The van der Waals surface area contributed by atoms with Crippen molar-refractivity contribution >= 4 is 39.0 Å². The van der Waals surface area contributed by atoms with Crippen LogP contribution in [0.5, 0.6) is 0 Å². The van der Waals surface area contributed by atoms with Gasteiger partial charge in [-0.2, -0.15) is 0 Å². The summed E-state index contributed by atoms with van der Waals surface area (Å²) in [5.74, 6) is -0.734. The number of nitrogens with zero attached hydrogens (tertiary/aromatic N) is 1. The Hall–Kier alpha value is -2.75. The van der Waals surface area contributed by atoms with Crippen LogP contribution >= 0.6 is 0 Å². The second-order valence-corrected chi connectivity index (χ2v) is 11.4. The molecule has 2 N–H and O–H groups in total. The Morgan fingerprint density at radius 2 is 1.42 bits per heavy atom. The summed E-state index contributed by atoms with van der Waals surface area (Å²) in [5, 5.41) is 5.67. The van der Waals surface area contributed by atoms with Crippen LogP contribution in [0.1, 0.15) is 44.0 Å². The molecule has 0 radical (unpaired) electrons. The van der Waals surface area contributed by atoms with Crippen LogP contribution in [0.2, 0.25) is 0 Å². The van der Waals surface area contributed by atoms with E-state index in [-0.39, 0.29) is 29.4 Å². The fourth-order valence-corrected chi connectivity index (χ4v) is 3.79. The summed E-state index contributed by atoms with van der Waals surface area (Å²) in [7, 11) is -0.373. The maximum atomic E-state index is 12.6. The van der Waals surface area contributed by atoms with Gasteiger partial charge in [-0.25, -0.2) is 8.42 Å². The summed E-state index contributed by atoms with van der Waals surface area (Å²) in [4.78, 5) is 24.6. The molecule has 0 unspecified atom stereocenters. The van der Waals surface area contributed by atoms with Crippen LogP contribution < -0.4 is 15.1 Å². The molecule has 0 atom stereocenters. The summed E-state index contributed by atoms with van der Waals surface area (Å²) >= 11 is 0. The molecule has 2 aromatic carbocycles. The molecule has 2 aromatic rings. The van der Waals surface area contributed by atoms with E-state index in [0.717, 1.165) is 5.69 Å². The Labute approximate surface area is 196 Å². The van der Waals surface area contributed by atoms with Gasteiger partial charge in [0.1, 0.15) is 5.69 Å². The Kier molecular flexibility index (Phi) is 8.40. The molecule has 2 rings (SSSR count). The Balaban J connectivity index is 1.95. The van der Waals surface area contributed by atoms with E-state index in [1.165, 1.54) is 0 Å². The maximum absolute atomic E-state index is 12.6. The average molecular weight is 476 g/mol.